The van der Waals surface area contributed by atoms with Gasteiger partial charge in [-0.3, -0.25) is 0 Å². The molecule has 0 fully saturated rings. The molecular weight excluding hydrogens is 290 g/mol. The van der Waals surface area contributed by atoms with Crippen LogP contribution in [0.15, 0.2) is 17.5 Å². The predicted octanol–water partition coefficient (Wildman–Crippen LogP) is 4.58. The summed E-state index contributed by atoms with van der Waals surface area (Å²) in [6, 6.07) is 3.98. The van der Waals surface area contributed by atoms with E-state index in [1.54, 1.807) is 11.3 Å². The molecule has 0 aromatic carbocycles. The number of nitrogens with two attached hydrogens (primary N) is 1. The number of carbonyl (C=O) groups is 1. The molecule has 2 heterocycles. The molecule has 0 atom stereocenters. The van der Waals surface area contributed by atoms with Gasteiger partial charge in [0.1, 0.15) is 10.5 Å². The fourth-order valence-electron chi connectivity index (χ4n) is 1.83. The summed E-state index contributed by atoms with van der Waals surface area (Å²) in [4.78, 5) is 14.9. The fourth-order valence-corrected chi connectivity index (χ4v) is 3.94. The molecule has 2 aromatic rings. The molecule has 2 aromatic heterocycles. The minimum absolute atomic E-state index is 0.346. The van der Waals surface area contributed by atoms with Crippen molar-refractivity contribution in [1.29, 1.82) is 0 Å². The Labute approximate surface area is 127 Å². The van der Waals surface area contributed by atoms with Gasteiger partial charge in [0.05, 0.1) is 5.69 Å². The van der Waals surface area contributed by atoms with E-state index < -0.39 is 5.60 Å². The molecule has 3 nitrogen and oxygen atoms in total. The van der Waals surface area contributed by atoms with E-state index in [4.69, 9.17) is 10.5 Å². The number of carbonyl (C=O) groups excluding carboxylic acids is 1. The molecule has 2 rings (SSSR count). The van der Waals surface area contributed by atoms with Crippen molar-refractivity contribution in [2.24, 2.45) is 0 Å². The Morgan fingerprint density at radius 1 is 1.40 bits per heavy atom. The highest BCUT2D eigenvalue weighted by atomic mass is 32.1. The van der Waals surface area contributed by atoms with Gasteiger partial charge in [0.15, 0.2) is 0 Å². The second-order valence-corrected chi connectivity index (χ2v) is 7.49. The molecular formula is C15H19NO2S2. The summed E-state index contributed by atoms with van der Waals surface area (Å²) in [6.07, 6.45) is 0.971. The standard InChI is InChI=1S/C15H19NO2S2/c1-5-9-6-7-19-12(9)11-8-10(16)13(20-11)14(17)18-15(2,3)4/h6-8H,5,16H2,1-4H3. The number of ether oxygens (including phenoxy) is 1. The number of anilines is 1. The molecule has 2 N–H and O–H groups in total. The minimum atomic E-state index is -0.509. The monoisotopic (exact) mass is 309 g/mol. The van der Waals surface area contributed by atoms with E-state index in [1.165, 1.54) is 21.8 Å². The van der Waals surface area contributed by atoms with Crippen molar-refractivity contribution in [3.05, 3.63) is 28.0 Å². The molecule has 0 spiro atoms. The van der Waals surface area contributed by atoms with Gasteiger partial charge in [-0.1, -0.05) is 6.92 Å². The maximum absolute atomic E-state index is 12.1. The Morgan fingerprint density at radius 2 is 2.10 bits per heavy atom. The van der Waals surface area contributed by atoms with Crippen LogP contribution in [-0.4, -0.2) is 11.6 Å². The molecule has 0 bridgehead atoms. The van der Waals surface area contributed by atoms with Gasteiger partial charge in [-0.25, -0.2) is 4.79 Å². The molecule has 0 saturated carbocycles. The number of esters is 1. The molecule has 0 aliphatic carbocycles. The normalized spacial score (nSPS) is 11.6. The first-order valence-corrected chi connectivity index (χ1v) is 8.21. The molecule has 0 aliphatic heterocycles. The zero-order valence-electron chi connectivity index (χ0n) is 12.1. The Morgan fingerprint density at radius 3 is 2.70 bits per heavy atom. The molecule has 0 unspecified atom stereocenters. The van der Waals surface area contributed by atoms with Crippen LogP contribution in [0.2, 0.25) is 0 Å². The molecule has 20 heavy (non-hydrogen) atoms. The van der Waals surface area contributed by atoms with E-state index in [9.17, 15) is 4.79 Å². The van der Waals surface area contributed by atoms with Crippen molar-refractivity contribution in [3.8, 4) is 9.75 Å². The first-order chi connectivity index (χ1) is 9.31. The Kier molecular flexibility index (Phi) is 4.20. The fraction of sp³-hybridized carbons (Fsp3) is 0.400. The molecule has 108 valence electrons. The van der Waals surface area contributed by atoms with Crippen molar-refractivity contribution in [1.82, 2.24) is 0 Å². The van der Waals surface area contributed by atoms with Crippen molar-refractivity contribution in [3.63, 3.8) is 0 Å². The zero-order valence-corrected chi connectivity index (χ0v) is 13.8. The van der Waals surface area contributed by atoms with E-state index >= 15 is 0 Å². The summed E-state index contributed by atoms with van der Waals surface area (Å²) in [5.74, 6) is -0.346. The molecule has 0 saturated heterocycles. The van der Waals surface area contributed by atoms with Gasteiger partial charge >= 0.3 is 5.97 Å². The van der Waals surface area contributed by atoms with Crippen LogP contribution in [0.5, 0.6) is 0 Å². The molecule has 0 radical (unpaired) electrons. The van der Waals surface area contributed by atoms with Crippen molar-refractivity contribution >= 4 is 34.3 Å². The van der Waals surface area contributed by atoms with Gasteiger partial charge in [0.2, 0.25) is 0 Å². The van der Waals surface area contributed by atoms with Crippen LogP contribution in [0.25, 0.3) is 9.75 Å². The average molecular weight is 309 g/mol. The topological polar surface area (TPSA) is 52.3 Å². The zero-order chi connectivity index (χ0) is 14.9. The lowest BCUT2D eigenvalue weighted by molar-refractivity contribution is 0.00764. The van der Waals surface area contributed by atoms with E-state index in [0.29, 0.717) is 10.6 Å². The smallest absolute Gasteiger partial charge is 0.350 e. The van der Waals surface area contributed by atoms with Crippen molar-refractivity contribution in [2.45, 2.75) is 39.7 Å². The highest BCUT2D eigenvalue weighted by molar-refractivity contribution is 7.22. The Hall–Kier alpha value is -1.33. The van der Waals surface area contributed by atoms with E-state index in [1.807, 2.05) is 26.8 Å². The van der Waals surface area contributed by atoms with Gasteiger partial charge in [0.25, 0.3) is 0 Å². The van der Waals surface area contributed by atoms with Gasteiger partial charge in [-0.05, 0) is 50.3 Å². The minimum Gasteiger partial charge on any atom is -0.456 e. The third kappa shape index (κ3) is 3.22. The summed E-state index contributed by atoms with van der Waals surface area (Å²) < 4.78 is 5.39. The quantitative estimate of drug-likeness (QED) is 0.845. The van der Waals surface area contributed by atoms with Crippen LogP contribution in [-0.2, 0) is 11.2 Å². The second-order valence-electron chi connectivity index (χ2n) is 5.53. The van der Waals surface area contributed by atoms with Gasteiger partial charge in [-0.2, -0.15) is 0 Å². The summed E-state index contributed by atoms with van der Waals surface area (Å²) in [5.41, 5.74) is 7.24. The van der Waals surface area contributed by atoms with Gasteiger partial charge in [0, 0.05) is 9.75 Å². The molecule has 5 heteroatoms. The first kappa shape index (κ1) is 15.1. The van der Waals surface area contributed by atoms with E-state index in [0.717, 1.165) is 11.3 Å². The summed E-state index contributed by atoms with van der Waals surface area (Å²) in [5, 5.41) is 2.07. The second kappa shape index (κ2) is 5.58. The maximum atomic E-state index is 12.1. The van der Waals surface area contributed by atoms with Crippen LogP contribution >= 0.6 is 22.7 Å². The number of hydrogen-bond acceptors (Lipinski definition) is 5. The lowest BCUT2D eigenvalue weighted by Crippen LogP contribution is -2.23. The lowest BCUT2D eigenvalue weighted by atomic mass is 10.2. The molecule has 0 amide bonds. The molecule has 0 aliphatic rings. The van der Waals surface area contributed by atoms with Gasteiger partial charge in [-0.15, -0.1) is 22.7 Å². The van der Waals surface area contributed by atoms with Crippen molar-refractivity contribution in [2.75, 3.05) is 5.73 Å². The van der Waals surface area contributed by atoms with Crippen LogP contribution in [0.1, 0.15) is 42.9 Å². The van der Waals surface area contributed by atoms with Crippen molar-refractivity contribution < 1.29 is 9.53 Å². The van der Waals surface area contributed by atoms with E-state index in [-0.39, 0.29) is 5.97 Å². The number of thiophene rings is 2. The maximum Gasteiger partial charge on any atom is 0.350 e. The number of nitrogen functional groups attached to an aromatic ring is 1. The van der Waals surface area contributed by atoms with Crippen LogP contribution in [0.3, 0.4) is 0 Å². The SMILES string of the molecule is CCc1ccsc1-c1cc(N)c(C(=O)OC(C)(C)C)s1. The number of hydrogen-bond donors (Lipinski definition) is 1. The highest BCUT2D eigenvalue weighted by Crippen LogP contribution is 2.39. The lowest BCUT2D eigenvalue weighted by Gasteiger charge is -2.18. The number of aryl methyl sites for hydroxylation is 1. The Bertz CT molecular complexity index is 620. The number of rotatable bonds is 3. The highest BCUT2D eigenvalue weighted by Gasteiger charge is 2.23. The van der Waals surface area contributed by atoms with Crippen LogP contribution < -0.4 is 5.73 Å². The van der Waals surface area contributed by atoms with Crippen LogP contribution in [0.4, 0.5) is 5.69 Å². The van der Waals surface area contributed by atoms with Gasteiger partial charge < -0.3 is 10.5 Å². The third-order valence-electron chi connectivity index (χ3n) is 2.70. The summed E-state index contributed by atoms with van der Waals surface area (Å²) in [6.45, 7) is 7.68. The van der Waals surface area contributed by atoms with E-state index in [2.05, 4.69) is 18.4 Å². The summed E-state index contributed by atoms with van der Waals surface area (Å²) in [7, 11) is 0. The third-order valence-corrected chi connectivity index (χ3v) is 4.96. The average Bonchev–Trinajstić information content (AvgIpc) is 2.91. The first-order valence-electron chi connectivity index (χ1n) is 6.51. The summed E-state index contributed by atoms with van der Waals surface area (Å²) >= 11 is 3.08. The largest absolute Gasteiger partial charge is 0.456 e. The predicted molar refractivity (Wildman–Crippen MR) is 86.6 cm³/mol. The Balaban J connectivity index is 2.33. The van der Waals surface area contributed by atoms with Crippen LogP contribution in [0, 0.1) is 0 Å².